The summed E-state index contributed by atoms with van der Waals surface area (Å²) in [5.74, 6) is 0.564. The third kappa shape index (κ3) is 3.96. The van der Waals surface area contributed by atoms with Crippen molar-refractivity contribution in [2.24, 2.45) is 0 Å². The smallest absolute Gasteiger partial charge is 0.280 e. The molecule has 0 spiro atoms. The lowest BCUT2D eigenvalue weighted by molar-refractivity contribution is 0.101. The highest BCUT2D eigenvalue weighted by molar-refractivity contribution is 6.04. The Kier molecular flexibility index (Phi) is 5.59. The lowest BCUT2D eigenvalue weighted by atomic mass is 10.2. The molecule has 0 radical (unpaired) electrons. The van der Waals surface area contributed by atoms with Crippen molar-refractivity contribution in [3.63, 3.8) is 0 Å². The molecule has 0 fully saturated rings. The van der Waals surface area contributed by atoms with Gasteiger partial charge in [-0.15, -0.1) is 0 Å². The summed E-state index contributed by atoms with van der Waals surface area (Å²) in [6.45, 7) is 0. The average Bonchev–Trinajstić information content (AvgIpc) is 2.73. The molecular formula is C20H19N3O5. The number of para-hydroxylation sites is 1. The first-order chi connectivity index (χ1) is 13.5. The molecule has 144 valence electrons. The maximum atomic E-state index is 12.8. The van der Waals surface area contributed by atoms with Crippen LogP contribution in [0.15, 0.2) is 59.4 Å². The van der Waals surface area contributed by atoms with E-state index in [1.807, 2.05) is 6.07 Å². The molecule has 1 N–H and O–H groups in total. The van der Waals surface area contributed by atoms with Crippen molar-refractivity contribution in [3.05, 3.63) is 70.6 Å². The van der Waals surface area contributed by atoms with Gasteiger partial charge in [0.15, 0.2) is 11.4 Å². The summed E-state index contributed by atoms with van der Waals surface area (Å²) >= 11 is 0. The fourth-order valence-electron chi connectivity index (χ4n) is 2.58. The van der Waals surface area contributed by atoms with Crippen LogP contribution in [0.1, 0.15) is 10.5 Å². The molecule has 2 aromatic carbocycles. The molecule has 28 heavy (non-hydrogen) atoms. The maximum Gasteiger partial charge on any atom is 0.280 e. The monoisotopic (exact) mass is 381 g/mol. The van der Waals surface area contributed by atoms with Gasteiger partial charge in [0, 0.05) is 23.9 Å². The van der Waals surface area contributed by atoms with Crippen molar-refractivity contribution >= 4 is 11.6 Å². The number of rotatable bonds is 6. The van der Waals surface area contributed by atoms with Crippen LogP contribution in [-0.2, 0) is 0 Å². The Balaban J connectivity index is 2.00. The number of carbonyl (C=O) groups excluding carboxylic acids is 1. The third-order valence-corrected chi connectivity index (χ3v) is 3.94. The summed E-state index contributed by atoms with van der Waals surface area (Å²) < 4.78 is 16.7. The second-order valence-corrected chi connectivity index (χ2v) is 5.70. The van der Waals surface area contributed by atoms with Gasteiger partial charge in [-0.1, -0.05) is 18.2 Å². The Morgan fingerprint density at radius 1 is 0.929 bits per heavy atom. The van der Waals surface area contributed by atoms with E-state index in [9.17, 15) is 9.59 Å². The lowest BCUT2D eigenvalue weighted by Gasteiger charge is -2.12. The van der Waals surface area contributed by atoms with Crippen LogP contribution in [0.3, 0.4) is 0 Å². The number of amides is 1. The first kappa shape index (κ1) is 19.0. The van der Waals surface area contributed by atoms with Crippen molar-refractivity contribution in [2.75, 3.05) is 26.6 Å². The van der Waals surface area contributed by atoms with Gasteiger partial charge >= 0.3 is 0 Å². The zero-order chi connectivity index (χ0) is 20.1. The molecule has 1 amide bonds. The summed E-state index contributed by atoms with van der Waals surface area (Å²) in [4.78, 5) is 25.2. The van der Waals surface area contributed by atoms with Gasteiger partial charge in [0.05, 0.1) is 33.1 Å². The highest BCUT2D eigenvalue weighted by Crippen LogP contribution is 2.26. The zero-order valence-electron chi connectivity index (χ0n) is 15.6. The Morgan fingerprint density at radius 2 is 1.57 bits per heavy atom. The quantitative estimate of drug-likeness (QED) is 0.705. The number of anilines is 1. The first-order valence-corrected chi connectivity index (χ1v) is 8.34. The van der Waals surface area contributed by atoms with Crippen LogP contribution in [0.4, 0.5) is 5.69 Å². The molecule has 8 heteroatoms. The molecule has 0 aliphatic heterocycles. The van der Waals surface area contributed by atoms with E-state index in [-0.39, 0.29) is 11.4 Å². The summed E-state index contributed by atoms with van der Waals surface area (Å²) in [6.07, 6.45) is 0. The standard InChI is InChI=1S/C20H19N3O5/c1-26-15-9-13(10-16(11-15)27-2)21-20(25)19-17(28-3)12-18(24)23(22-19)14-7-5-4-6-8-14/h4-12H,1-3H3,(H,21,25). The van der Waals surface area contributed by atoms with E-state index in [4.69, 9.17) is 14.2 Å². The molecule has 3 rings (SSSR count). The van der Waals surface area contributed by atoms with Crippen LogP contribution in [0.25, 0.3) is 5.69 Å². The van der Waals surface area contributed by atoms with E-state index in [1.54, 1.807) is 42.5 Å². The summed E-state index contributed by atoms with van der Waals surface area (Å²) in [5.41, 5.74) is 0.533. The molecule has 1 heterocycles. The van der Waals surface area contributed by atoms with Gasteiger partial charge in [-0.2, -0.15) is 9.78 Å². The number of nitrogens with one attached hydrogen (secondary N) is 1. The average molecular weight is 381 g/mol. The number of methoxy groups -OCH3 is 3. The largest absolute Gasteiger partial charge is 0.497 e. The molecule has 0 aliphatic rings. The topological polar surface area (TPSA) is 91.7 Å². The van der Waals surface area contributed by atoms with E-state index in [0.717, 1.165) is 4.68 Å². The van der Waals surface area contributed by atoms with Gasteiger partial charge in [0.25, 0.3) is 11.5 Å². The Labute approximate surface area is 161 Å². The molecule has 3 aromatic rings. The minimum atomic E-state index is -0.545. The number of carbonyl (C=O) groups is 1. The fourth-order valence-corrected chi connectivity index (χ4v) is 2.58. The van der Waals surface area contributed by atoms with E-state index in [1.165, 1.54) is 27.4 Å². The van der Waals surface area contributed by atoms with Gasteiger partial charge in [-0.05, 0) is 12.1 Å². The van der Waals surface area contributed by atoms with Gasteiger partial charge < -0.3 is 19.5 Å². The Hall–Kier alpha value is -3.81. The number of benzene rings is 2. The predicted molar refractivity (Wildman–Crippen MR) is 104 cm³/mol. The molecule has 0 aliphatic carbocycles. The summed E-state index contributed by atoms with van der Waals surface area (Å²) in [5, 5.41) is 6.92. The van der Waals surface area contributed by atoms with Gasteiger partial charge in [-0.3, -0.25) is 9.59 Å². The van der Waals surface area contributed by atoms with Crippen LogP contribution in [0, 0.1) is 0 Å². The van der Waals surface area contributed by atoms with E-state index in [2.05, 4.69) is 10.4 Å². The highest BCUT2D eigenvalue weighted by atomic mass is 16.5. The second kappa shape index (κ2) is 8.26. The molecule has 0 unspecified atom stereocenters. The number of aromatic nitrogens is 2. The van der Waals surface area contributed by atoms with Crippen LogP contribution in [-0.4, -0.2) is 37.0 Å². The molecule has 0 saturated carbocycles. The molecular weight excluding hydrogens is 362 g/mol. The molecule has 0 saturated heterocycles. The SMILES string of the molecule is COc1cc(NC(=O)c2nn(-c3ccccc3)c(=O)cc2OC)cc(OC)c1. The Morgan fingerprint density at radius 3 is 2.14 bits per heavy atom. The molecule has 1 aromatic heterocycles. The summed E-state index contributed by atoms with van der Waals surface area (Å²) in [7, 11) is 4.40. The van der Waals surface area contributed by atoms with Crippen molar-refractivity contribution in [1.29, 1.82) is 0 Å². The van der Waals surface area contributed by atoms with E-state index >= 15 is 0 Å². The van der Waals surface area contributed by atoms with Crippen LogP contribution < -0.4 is 25.1 Å². The van der Waals surface area contributed by atoms with Crippen LogP contribution in [0.5, 0.6) is 17.2 Å². The Bertz CT molecular complexity index is 1030. The lowest BCUT2D eigenvalue weighted by Crippen LogP contribution is -2.26. The number of hydrogen-bond acceptors (Lipinski definition) is 6. The second-order valence-electron chi connectivity index (χ2n) is 5.70. The minimum absolute atomic E-state index is 0.0345. The fraction of sp³-hybridized carbons (Fsp3) is 0.150. The van der Waals surface area contributed by atoms with E-state index in [0.29, 0.717) is 22.9 Å². The number of nitrogens with zero attached hydrogens (tertiary/aromatic N) is 2. The zero-order valence-corrected chi connectivity index (χ0v) is 15.6. The van der Waals surface area contributed by atoms with Gasteiger partial charge in [0.2, 0.25) is 0 Å². The van der Waals surface area contributed by atoms with Crippen molar-refractivity contribution < 1.29 is 19.0 Å². The number of hydrogen-bond donors (Lipinski definition) is 1. The molecule has 8 nitrogen and oxygen atoms in total. The highest BCUT2D eigenvalue weighted by Gasteiger charge is 2.19. The van der Waals surface area contributed by atoms with Crippen molar-refractivity contribution in [3.8, 4) is 22.9 Å². The normalized spacial score (nSPS) is 10.2. The summed E-state index contributed by atoms with van der Waals surface area (Å²) in [6, 6.07) is 15.0. The third-order valence-electron chi connectivity index (χ3n) is 3.94. The molecule has 0 bridgehead atoms. The predicted octanol–water partition coefficient (Wildman–Crippen LogP) is 2.51. The van der Waals surface area contributed by atoms with Crippen LogP contribution >= 0.6 is 0 Å². The number of ether oxygens (including phenoxy) is 3. The van der Waals surface area contributed by atoms with Gasteiger partial charge in [0.1, 0.15) is 11.5 Å². The van der Waals surface area contributed by atoms with Crippen molar-refractivity contribution in [2.45, 2.75) is 0 Å². The first-order valence-electron chi connectivity index (χ1n) is 8.34. The van der Waals surface area contributed by atoms with Crippen molar-refractivity contribution in [1.82, 2.24) is 9.78 Å². The minimum Gasteiger partial charge on any atom is -0.497 e. The maximum absolute atomic E-state index is 12.8. The van der Waals surface area contributed by atoms with E-state index < -0.39 is 11.5 Å². The molecule has 0 atom stereocenters. The van der Waals surface area contributed by atoms with Crippen LogP contribution in [0.2, 0.25) is 0 Å². The van der Waals surface area contributed by atoms with Gasteiger partial charge in [-0.25, -0.2) is 0 Å².